The zero-order valence-corrected chi connectivity index (χ0v) is 10.3. The molecule has 1 amide bonds. The molecule has 0 radical (unpaired) electrons. The average molecular weight is 250 g/mol. The number of nitrogens with one attached hydrogen (secondary N) is 2. The molecular weight excluding hydrogens is 235 g/mol. The van der Waals surface area contributed by atoms with Crippen LogP contribution in [0, 0.1) is 5.82 Å². The van der Waals surface area contributed by atoms with E-state index in [1.54, 1.807) is 13.0 Å². The van der Waals surface area contributed by atoms with Gasteiger partial charge in [0.25, 0.3) is 5.91 Å². The van der Waals surface area contributed by atoms with E-state index in [9.17, 15) is 9.18 Å². The van der Waals surface area contributed by atoms with Gasteiger partial charge in [0.15, 0.2) is 0 Å². The van der Waals surface area contributed by atoms with Crippen molar-refractivity contribution in [1.29, 1.82) is 0 Å². The molecule has 96 valence electrons. The molecular formula is C13H15FN2O2. The number of hydrogen-bond donors (Lipinski definition) is 2. The standard InChI is InChI=1S/C13H15FN2O2/c1-8(9-6-15-7-9)13(17)16-11-3-10(14)4-12(5-11)18-2/h3-5,15H,6-7H2,1-2H3,(H,16,17). The topological polar surface area (TPSA) is 50.4 Å². The van der Waals surface area contributed by atoms with Gasteiger partial charge in [0.1, 0.15) is 11.6 Å². The van der Waals surface area contributed by atoms with Crippen molar-refractivity contribution in [2.75, 3.05) is 25.5 Å². The maximum Gasteiger partial charge on any atom is 0.251 e. The van der Waals surface area contributed by atoms with Gasteiger partial charge in [0.2, 0.25) is 0 Å². The Morgan fingerprint density at radius 2 is 2.11 bits per heavy atom. The van der Waals surface area contributed by atoms with Gasteiger partial charge >= 0.3 is 0 Å². The number of anilines is 1. The highest BCUT2D eigenvalue weighted by atomic mass is 19.1. The largest absolute Gasteiger partial charge is 0.497 e. The summed E-state index contributed by atoms with van der Waals surface area (Å²) in [6, 6.07) is 4.10. The molecule has 2 N–H and O–H groups in total. The summed E-state index contributed by atoms with van der Waals surface area (Å²) in [4.78, 5) is 11.9. The maximum absolute atomic E-state index is 13.2. The lowest BCUT2D eigenvalue weighted by atomic mass is 10.0. The Labute approximate surface area is 105 Å². The summed E-state index contributed by atoms with van der Waals surface area (Å²) in [6.07, 6.45) is 0. The first-order valence-corrected chi connectivity index (χ1v) is 5.65. The second kappa shape index (κ2) is 5.18. The summed E-state index contributed by atoms with van der Waals surface area (Å²) in [7, 11) is 1.45. The van der Waals surface area contributed by atoms with E-state index in [1.807, 2.05) is 0 Å². The quantitative estimate of drug-likeness (QED) is 0.803. The number of rotatable bonds is 3. The third-order valence-electron chi connectivity index (χ3n) is 2.91. The molecule has 1 aliphatic heterocycles. The Hall–Kier alpha value is -1.88. The van der Waals surface area contributed by atoms with Gasteiger partial charge < -0.3 is 15.4 Å². The summed E-state index contributed by atoms with van der Waals surface area (Å²) in [6.45, 7) is 3.25. The molecule has 0 aliphatic carbocycles. The molecule has 0 saturated carbocycles. The lowest BCUT2D eigenvalue weighted by molar-refractivity contribution is -0.112. The molecule has 5 heteroatoms. The van der Waals surface area contributed by atoms with Gasteiger partial charge in [-0.1, -0.05) is 0 Å². The Morgan fingerprint density at radius 3 is 2.67 bits per heavy atom. The first kappa shape index (κ1) is 12.6. The Morgan fingerprint density at radius 1 is 1.39 bits per heavy atom. The van der Waals surface area contributed by atoms with Crippen LogP contribution in [0.15, 0.2) is 29.3 Å². The van der Waals surface area contributed by atoms with Crippen LogP contribution in [0.5, 0.6) is 5.75 Å². The normalized spacial score (nSPS) is 13.8. The summed E-state index contributed by atoms with van der Waals surface area (Å²) in [5.74, 6) is -0.277. The molecule has 1 heterocycles. The lowest BCUT2D eigenvalue weighted by Gasteiger charge is -2.21. The molecule has 1 aromatic rings. The van der Waals surface area contributed by atoms with Crippen molar-refractivity contribution < 1.29 is 13.9 Å². The van der Waals surface area contributed by atoms with E-state index in [1.165, 1.54) is 19.2 Å². The molecule has 18 heavy (non-hydrogen) atoms. The van der Waals surface area contributed by atoms with Crippen LogP contribution in [0.2, 0.25) is 0 Å². The maximum atomic E-state index is 13.2. The van der Waals surface area contributed by atoms with Gasteiger partial charge in [-0.15, -0.1) is 0 Å². The number of hydrogen-bond acceptors (Lipinski definition) is 3. The predicted molar refractivity (Wildman–Crippen MR) is 67.2 cm³/mol. The van der Waals surface area contributed by atoms with E-state index >= 15 is 0 Å². The van der Waals surface area contributed by atoms with E-state index in [-0.39, 0.29) is 5.91 Å². The Kier molecular flexibility index (Phi) is 3.62. The highest BCUT2D eigenvalue weighted by Crippen LogP contribution is 2.20. The highest BCUT2D eigenvalue weighted by Gasteiger charge is 2.16. The fourth-order valence-electron chi connectivity index (χ4n) is 1.65. The van der Waals surface area contributed by atoms with E-state index in [0.29, 0.717) is 17.0 Å². The van der Waals surface area contributed by atoms with Gasteiger partial charge in [-0.2, -0.15) is 0 Å². The molecule has 0 bridgehead atoms. The molecule has 1 fully saturated rings. The van der Waals surface area contributed by atoms with Crippen LogP contribution in [0.3, 0.4) is 0 Å². The smallest absolute Gasteiger partial charge is 0.251 e. The number of methoxy groups -OCH3 is 1. The number of amides is 1. The summed E-state index contributed by atoms with van der Waals surface area (Å²) in [5.41, 5.74) is 2.15. The molecule has 0 aromatic heterocycles. The zero-order valence-electron chi connectivity index (χ0n) is 10.3. The summed E-state index contributed by atoms with van der Waals surface area (Å²) in [5, 5.41) is 5.73. The van der Waals surface area contributed by atoms with Gasteiger partial charge in [0, 0.05) is 36.5 Å². The van der Waals surface area contributed by atoms with E-state index in [2.05, 4.69) is 10.6 Å². The molecule has 1 aliphatic rings. The third-order valence-corrected chi connectivity index (χ3v) is 2.91. The number of ether oxygens (including phenoxy) is 1. The SMILES string of the molecule is COc1cc(F)cc(NC(=O)C(C)=C2CNC2)c1. The average Bonchev–Trinajstić information content (AvgIpc) is 2.25. The van der Waals surface area contributed by atoms with Crippen molar-refractivity contribution in [2.24, 2.45) is 0 Å². The predicted octanol–water partition coefficient (Wildman–Crippen LogP) is 1.69. The molecule has 1 saturated heterocycles. The Bertz CT molecular complexity index is 506. The molecule has 1 aromatic carbocycles. The summed E-state index contributed by atoms with van der Waals surface area (Å²) < 4.78 is 18.2. The van der Waals surface area contributed by atoms with Crippen molar-refractivity contribution in [3.63, 3.8) is 0 Å². The van der Waals surface area contributed by atoms with Crippen LogP contribution in [0.25, 0.3) is 0 Å². The van der Waals surface area contributed by atoms with Crippen molar-refractivity contribution in [3.05, 3.63) is 35.2 Å². The van der Waals surface area contributed by atoms with Crippen molar-refractivity contribution in [2.45, 2.75) is 6.92 Å². The van der Waals surface area contributed by atoms with Crippen molar-refractivity contribution >= 4 is 11.6 Å². The van der Waals surface area contributed by atoms with E-state index < -0.39 is 5.82 Å². The zero-order chi connectivity index (χ0) is 13.1. The van der Waals surface area contributed by atoms with Gasteiger partial charge in [-0.3, -0.25) is 4.79 Å². The highest BCUT2D eigenvalue weighted by molar-refractivity contribution is 6.04. The molecule has 2 rings (SSSR count). The lowest BCUT2D eigenvalue weighted by Crippen LogP contribution is -2.36. The molecule has 0 spiro atoms. The first-order valence-electron chi connectivity index (χ1n) is 5.65. The minimum atomic E-state index is -0.444. The first-order chi connectivity index (χ1) is 8.60. The number of halogens is 1. The van der Waals surface area contributed by atoms with Crippen LogP contribution < -0.4 is 15.4 Å². The minimum absolute atomic E-state index is 0.209. The second-order valence-electron chi connectivity index (χ2n) is 4.17. The number of carbonyl (C=O) groups excluding carboxylic acids is 1. The van der Waals surface area contributed by atoms with Crippen LogP contribution in [0.4, 0.5) is 10.1 Å². The van der Waals surface area contributed by atoms with Gasteiger partial charge in [0.05, 0.1) is 7.11 Å². The fraction of sp³-hybridized carbons (Fsp3) is 0.308. The molecule has 0 unspecified atom stereocenters. The molecule has 0 atom stereocenters. The Balaban J connectivity index is 2.14. The minimum Gasteiger partial charge on any atom is -0.497 e. The van der Waals surface area contributed by atoms with Gasteiger partial charge in [-0.05, 0) is 18.6 Å². The fourth-order valence-corrected chi connectivity index (χ4v) is 1.65. The van der Waals surface area contributed by atoms with Crippen molar-refractivity contribution in [3.8, 4) is 5.75 Å². The number of carbonyl (C=O) groups is 1. The third kappa shape index (κ3) is 2.68. The second-order valence-corrected chi connectivity index (χ2v) is 4.17. The summed E-state index contributed by atoms with van der Waals surface area (Å²) >= 11 is 0. The van der Waals surface area contributed by atoms with Crippen LogP contribution >= 0.6 is 0 Å². The van der Waals surface area contributed by atoms with Gasteiger partial charge in [-0.25, -0.2) is 4.39 Å². The van der Waals surface area contributed by atoms with Crippen LogP contribution in [-0.4, -0.2) is 26.1 Å². The monoisotopic (exact) mass is 250 g/mol. The molecule has 4 nitrogen and oxygen atoms in total. The van der Waals surface area contributed by atoms with E-state index in [0.717, 1.165) is 18.7 Å². The number of benzene rings is 1. The van der Waals surface area contributed by atoms with E-state index in [4.69, 9.17) is 4.74 Å². The van der Waals surface area contributed by atoms with Crippen LogP contribution in [0.1, 0.15) is 6.92 Å². The van der Waals surface area contributed by atoms with Crippen LogP contribution in [-0.2, 0) is 4.79 Å². The van der Waals surface area contributed by atoms with Crippen molar-refractivity contribution in [1.82, 2.24) is 5.32 Å².